The molecule has 108 valence electrons. The Morgan fingerprint density at radius 2 is 2.00 bits per heavy atom. The minimum Gasteiger partial charge on any atom is -0.310 e. The van der Waals surface area contributed by atoms with E-state index in [9.17, 15) is 13.2 Å². The molecule has 0 radical (unpaired) electrons. The number of nitrogens with one attached hydrogen (secondary N) is 1. The van der Waals surface area contributed by atoms with Crippen molar-refractivity contribution in [3.05, 3.63) is 34.3 Å². The van der Waals surface area contributed by atoms with E-state index < -0.39 is 12.6 Å². The molecule has 1 unspecified atom stereocenters. The first-order valence-electron chi connectivity index (χ1n) is 6.39. The molecule has 0 heterocycles. The van der Waals surface area contributed by atoms with Crippen LogP contribution in [-0.4, -0.2) is 12.7 Å². The zero-order valence-electron chi connectivity index (χ0n) is 11.1. The first-order valence-corrected chi connectivity index (χ1v) is 6.77. The van der Waals surface area contributed by atoms with Crippen LogP contribution in [0.1, 0.15) is 43.4 Å². The quantitative estimate of drug-likeness (QED) is 0.775. The van der Waals surface area contributed by atoms with Crippen LogP contribution >= 0.6 is 11.6 Å². The van der Waals surface area contributed by atoms with Gasteiger partial charge in [-0.25, -0.2) is 0 Å². The van der Waals surface area contributed by atoms with Gasteiger partial charge in [0.25, 0.3) is 0 Å². The Hall–Kier alpha value is -0.740. The minimum absolute atomic E-state index is 0.0777. The monoisotopic (exact) mass is 293 g/mol. The van der Waals surface area contributed by atoms with Crippen molar-refractivity contribution in [2.75, 3.05) is 6.54 Å². The lowest BCUT2D eigenvalue weighted by Gasteiger charge is -2.21. The molecule has 1 N–H and O–H groups in total. The van der Waals surface area contributed by atoms with Crippen LogP contribution < -0.4 is 5.32 Å². The molecule has 1 nitrogen and oxygen atoms in total. The van der Waals surface area contributed by atoms with Gasteiger partial charge in [0, 0.05) is 17.5 Å². The summed E-state index contributed by atoms with van der Waals surface area (Å²) < 4.78 is 36.6. The van der Waals surface area contributed by atoms with E-state index in [0.29, 0.717) is 18.0 Å². The summed E-state index contributed by atoms with van der Waals surface area (Å²) in [5.74, 6) is 0. The number of hydrogen-bond acceptors (Lipinski definition) is 1. The molecular weight excluding hydrogens is 275 g/mol. The number of aryl methyl sites for hydroxylation is 1. The molecule has 1 aromatic carbocycles. The van der Waals surface area contributed by atoms with Gasteiger partial charge in [0.2, 0.25) is 0 Å². The smallest absolute Gasteiger partial charge is 0.310 e. The third kappa shape index (κ3) is 5.83. The fourth-order valence-electron chi connectivity index (χ4n) is 2.11. The van der Waals surface area contributed by atoms with Gasteiger partial charge in [0.1, 0.15) is 0 Å². The lowest BCUT2D eigenvalue weighted by Crippen LogP contribution is -2.22. The summed E-state index contributed by atoms with van der Waals surface area (Å²) in [5, 5.41) is 3.84. The lowest BCUT2D eigenvalue weighted by molar-refractivity contribution is -0.135. The average Bonchev–Trinajstić information content (AvgIpc) is 2.30. The first kappa shape index (κ1) is 16.3. The summed E-state index contributed by atoms with van der Waals surface area (Å²) in [4.78, 5) is 0. The molecule has 0 aliphatic heterocycles. The highest BCUT2D eigenvalue weighted by molar-refractivity contribution is 6.30. The van der Waals surface area contributed by atoms with E-state index in [2.05, 4.69) is 5.32 Å². The van der Waals surface area contributed by atoms with Gasteiger partial charge in [-0.15, -0.1) is 0 Å². The number of benzene rings is 1. The Balaban J connectivity index is 2.73. The van der Waals surface area contributed by atoms with E-state index >= 15 is 0 Å². The summed E-state index contributed by atoms with van der Waals surface area (Å²) >= 11 is 5.96. The minimum atomic E-state index is -4.08. The highest BCUT2D eigenvalue weighted by Gasteiger charge is 2.27. The molecule has 5 heteroatoms. The molecule has 0 aliphatic carbocycles. The Morgan fingerprint density at radius 3 is 2.58 bits per heavy atom. The van der Waals surface area contributed by atoms with Gasteiger partial charge in [0.15, 0.2) is 0 Å². The molecule has 1 aromatic rings. The van der Waals surface area contributed by atoms with Crippen LogP contribution in [0.3, 0.4) is 0 Å². The van der Waals surface area contributed by atoms with Crippen LogP contribution in [-0.2, 0) is 0 Å². The molecule has 0 fully saturated rings. The summed E-state index contributed by atoms with van der Waals surface area (Å²) in [6.45, 7) is 4.60. The van der Waals surface area contributed by atoms with Crippen LogP contribution in [0.15, 0.2) is 18.2 Å². The molecule has 0 aliphatic rings. The highest BCUT2D eigenvalue weighted by atomic mass is 35.5. The largest absolute Gasteiger partial charge is 0.389 e. The average molecular weight is 294 g/mol. The van der Waals surface area contributed by atoms with Gasteiger partial charge in [-0.05, 0) is 49.6 Å². The second kappa shape index (κ2) is 7.15. The van der Waals surface area contributed by atoms with Crippen molar-refractivity contribution in [1.82, 2.24) is 5.32 Å². The predicted molar refractivity (Wildman–Crippen MR) is 72.5 cm³/mol. The van der Waals surface area contributed by atoms with E-state index in [1.807, 2.05) is 26.0 Å². The van der Waals surface area contributed by atoms with Gasteiger partial charge >= 0.3 is 6.18 Å². The van der Waals surface area contributed by atoms with Crippen molar-refractivity contribution >= 4 is 11.6 Å². The maximum absolute atomic E-state index is 12.2. The maximum atomic E-state index is 12.2. The second-order valence-electron chi connectivity index (χ2n) is 4.62. The fraction of sp³-hybridized carbons (Fsp3) is 0.571. The van der Waals surface area contributed by atoms with E-state index in [4.69, 9.17) is 11.6 Å². The Labute approximate surface area is 117 Å². The Bertz CT molecular complexity index is 404. The van der Waals surface area contributed by atoms with Gasteiger partial charge in [-0.3, -0.25) is 0 Å². The zero-order chi connectivity index (χ0) is 14.5. The molecule has 19 heavy (non-hydrogen) atoms. The van der Waals surface area contributed by atoms with Gasteiger partial charge < -0.3 is 5.32 Å². The van der Waals surface area contributed by atoms with Crippen LogP contribution in [0.5, 0.6) is 0 Å². The van der Waals surface area contributed by atoms with Gasteiger partial charge in [0.05, 0.1) is 0 Å². The van der Waals surface area contributed by atoms with Crippen molar-refractivity contribution in [3.8, 4) is 0 Å². The number of rotatable bonds is 6. The summed E-state index contributed by atoms with van der Waals surface area (Å²) in [6, 6.07) is 5.44. The molecule has 0 saturated heterocycles. The molecule has 1 rings (SSSR count). The third-order valence-electron chi connectivity index (χ3n) is 3.02. The molecule has 0 saturated carbocycles. The normalized spacial score (nSPS) is 13.6. The van der Waals surface area contributed by atoms with Crippen LogP contribution in [0, 0.1) is 6.92 Å². The zero-order valence-corrected chi connectivity index (χ0v) is 11.9. The van der Waals surface area contributed by atoms with Crippen LogP contribution in [0.4, 0.5) is 13.2 Å². The summed E-state index contributed by atoms with van der Waals surface area (Å²) in [5.41, 5.74) is 2.03. The van der Waals surface area contributed by atoms with E-state index in [-0.39, 0.29) is 12.5 Å². The highest BCUT2D eigenvalue weighted by Crippen LogP contribution is 2.29. The SMILES string of the molecule is CCNC(CCCC(F)(F)F)c1cc(Cl)ccc1C. The second-order valence-corrected chi connectivity index (χ2v) is 5.06. The summed E-state index contributed by atoms with van der Waals surface area (Å²) in [7, 11) is 0. The molecule has 0 bridgehead atoms. The Morgan fingerprint density at radius 1 is 1.32 bits per heavy atom. The van der Waals surface area contributed by atoms with Crippen molar-refractivity contribution in [3.63, 3.8) is 0 Å². The predicted octanol–water partition coefficient (Wildman–Crippen LogP) is 5.03. The fourth-order valence-corrected chi connectivity index (χ4v) is 2.29. The molecule has 0 amide bonds. The maximum Gasteiger partial charge on any atom is 0.389 e. The topological polar surface area (TPSA) is 12.0 Å². The molecule has 0 aromatic heterocycles. The van der Waals surface area contributed by atoms with Crippen molar-refractivity contribution < 1.29 is 13.2 Å². The number of alkyl halides is 3. The molecule has 1 atom stereocenters. The lowest BCUT2D eigenvalue weighted by atomic mass is 9.96. The standard InChI is InChI=1S/C14H19ClF3N/c1-3-19-13(5-4-8-14(16,17)18)12-9-11(15)7-6-10(12)2/h6-7,9,13,19H,3-5,8H2,1-2H3. The third-order valence-corrected chi connectivity index (χ3v) is 3.26. The van der Waals surface area contributed by atoms with Crippen molar-refractivity contribution in [2.45, 2.75) is 45.3 Å². The van der Waals surface area contributed by atoms with E-state index in [1.54, 1.807) is 6.07 Å². The molecule has 0 spiro atoms. The van der Waals surface area contributed by atoms with Crippen LogP contribution in [0.25, 0.3) is 0 Å². The number of hydrogen-bond donors (Lipinski definition) is 1. The summed E-state index contributed by atoms with van der Waals surface area (Å²) in [6.07, 6.45) is -4.25. The van der Waals surface area contributed by atoms with E-state index in [0.717, 1.165) is 11.1 Å². The van der Waals surface area contributed by atoms with Crippen molar-refractivity contribution in [2.24, 2.45) is 0 Å². The van der Waals surface area contributed by atoms with Crippen molar-refractivity contribution in [1.29, 1.82) is 0 Å². The molecular formula is C14H19ClF3N. The van der Waals surface area contributed by atoms with Gasteiger partial charge in [-0.2, -0.15) is 13.2 Å². The van der Waals surface area contributed by atoms with Crippen LogP contribution in [0.2, 0.25) is 5.02 Å². The van der Waals surface area contributed by atoms with Gasteiger partial charge in [-0.1, -0.05) is 24.6 Å². The van der Waals surface area contributed by atoms with E-state index in [1.165, 1.54) is 0 Å². The first-order chi connectivity index (χ1) is 8.83. The number of halogens is 4. The Kier molecular flexibility index (Phi) is 6.14.